The fraction of sp³-hybridized carbons (Fsp3) is 0. The molecule has 0 saturated carbocycles. The Morgan fingerprint density at radius 1 is 0.500 bits per heavy atom. The van der Waals surface area contributed by atoms with Gasteiger partial charge in [-0.25, -0.2) is 0 Å². The van der Waals surface area contributed by atoms with Gasteiger partial charge < -0.3 is 8.83 Å². The zero-order chi connectivity index (χ0) is 40.2. The van der Waals surface area contributed by atoms with Gasteiger partial charge in [-0.1, -0.05) is 90.6 Å². The Balaban J connectivity index is 1.71. The average molecular weight is 480 g/mol. The number of benzene rings is 6. The molecule has 168 valence electrons. The normalized spacial score (nSPS) is 19.3. The largest absolute Gasteiger partial charge is 0.460 e. The van der Waals surface area contributed by atoms with E-state index in [1.54, 1.807) is 0 Å². The molecule has 0 unspecified atom stereocenters. The number of furan rings is 2. The first-order valence-electron chi connectivity index (χ1n) is 20.1. The number of fused-ring (bicyclic) bond motifs is 7. The van der Waals surface area contributed by atoms with Crippen molar-refractivity contribution in [2.24, 2.45) is 0 Å². The highest BCUT2D eigenvalue weighted by Crippen LogP contribution is 2.44. The molecule has 0 aliphatic carbocycles. The molecule has 2 nitrogen and oxygen atoms in total. The van der Waals surface area contributed by atoms with E-state index in [0.29, 0.717) is 0 Å². The Bertz CT molecular complexity index is 3030. The standard InChI is InChI=1S/C34H20O2/c1-2-8-21(9-3-1)31-25-10-4-6-12-27(25)32(28-13-7-5-11-26(28)31)23-15-16-24-29-17-14-22-18-19-35-33(22)34(29)36-30(24)20-23/h1-20H/i1D,2D,3D,4D,5D,6D,7D,8D,9D,10D,11D,12D,13D,14D,15D,16D,18D,19D,20D. The molecule has 0 aliphatic heterocycles. The second-order valence-electron chi connectivity index (χ2n) is 7.87. The zero-order valence-corrected chi connectivity index (χ0v) is 17.9. The van der Waals surface area contributed by atoms with Gasteiger partial charge in [0.2, 0.25) is 0 Å². The van der Waals surface area contributed by atoms with Gasteiger partial charge in [0.1, 0.15) is 6.95 Å². The highest BCUT2D eigenvalue weighted by Gasteiger charge is 2.18. The lowest BCUT2D eigenvalue weighted by Gasteiger charge is -2.17. The van der Waals surface area contributed by atoms with Crippen molar-refractivity contribution in [3.05, 3.63) is 121 Å². The first-order valence-corrected chi connectivity index (χ1v) is 10.6. The van der Waals surface area contributed by atoms with Crippen molar-refractivity contribution >= 4 is 54.5 Å². The van der Waals surface area contributed by atoms with E-state index in [2.05, 4.69) is 0 Å². The highest BCUT2D eigenvalue weighted by atomic mass is 16.4. The maximum absolute atomic E-state index is 9.45. The van der Waals surface area contributed by atoms with Gasteiger partial charge in [0.15, 0.2) is 11.2 Å². The molecule has 0 atom stereocenters. The van der Waals surface area contributed by atoms with E-state index in [1.807, 2.05) is 0 Å². The average Bonchev–Trinajstić information content (AvgIpc) is 3.68. The Labute approximate surface area is 233 Å². The maximum Gasteiger partial charge on any atom is 0.178 e. The van der Waals surface area contributed by atoms with Crippen LogP contribution in [0.2, 0.25) is 0 Å². The molecule has 8 rings (SSSR count). The summed E-state index contributed by atoms with van der Waals surface area (Å²) in [6.07, 6.45) is -0.587. The third-order valence-electron chi connectivity index (χ3n) is 5.99. The van der Waals surface area contributed by atoms with Crippen molar-refractivity contribution in [3.63, 3.8) is 0 Å². The molecule has 6 aromatic carbocycles. The molecule has 2 heteroatoms. The number of rotatable bonds is 2. The third-order valence-corrected chi connectivity index (χ3v) is 5.99. The molecule has 8 aromatic rings. The van der Waals surface area contributed by atoms with Crippen molar-refractivity contribution in [2.75, 3.05) is 0 Å². The van der Waals surface area contributed by atoms with Gasteiger partial charge in [0.25, 0.3) is 0 Å². The minimum atomic E-state index is -0.848. The van der Waals surface area contributed by atoms with Crippen LogP contribution in [0.1, 0.15) is 26.0 Å². The molecule has 2 aromatic heterocycles. The van der Waals surface area contributed by atoms with Crippen molar-refractivity contribution in [1.82, 2.24) is 0 Å². The van der Waals surface area contributed by atoms with E-state index >= 15 is 0 Å². The Hall–Kier alpha value is -4.82. The number of hydrogen-bond donors (Lipinski definition) is 0. The molecule has 36 heavy (non-hydrogen) atoms. The minimum absolute atomic E-state index is 0.0230. The predicted molar refractivity (Wildman–Crippen MR) is 149 cm³/mol. The summed E-state index contributed by atoms with van der Waals surface area (Å²) in [7, 11) is 0. The molecule has 0 N–H and O–H groups in total. The highest BCUT2D eigenvalue weighted by molar-refractivity contribution is 6.22. The van der Waals surface area contributed by atoms with Crippen LogP contribution in [-0.2, 0) is 0 Å². The maximum atomic E-state index is 9.45. The molecule has 0 fully saturated rings. The van der Waals surface area contributed by atoms with Crippen LogP contribution in [0.15, 0.2) is 130 Å². The van der Waals surface area contributed by atoms with E-state index in [9.17, 15) is 2.74 Å². The summed E-state index contributed by atoms with van der Waals surface area (Å²) in [5.41, 5.74) is -3.03. The lowest BCUT2D eigenvalue weighted by atomic mass is 9.86. The predicted octanol–water partition coefficient (Wildman–Crippen LogP) is 9.97. The van der Waals surface area contributed by atoms with Crippen LogP contribution >= 0.6 is 0 Å². The zero-order valence-electron chi connectivity index (χ0n) is 36.9. The molecule has 0 amide bonds. The smallest absolute Gasteiger partial charge is 0.178 e. The van der Waals surface area contributed by atoms with E-state index in [-0.39, 0.29) is 33.4 Å². The Kier molecular flexibility index (Phi) is 1.77. The summed E-state index contributed by atoms with van der Waals surface area (Å²) in [6, 6.07) is -12.4. The number of hydrogen-bond acceptors (Lipinski definition) is 2. The van der Waals surface area contributed by atoms with Gasteiger partial charge in [-0.3, -0.25) is 0 Å². The molecule has 0 radical (unpaired) electrons. The van der Waals surface area contributed by atoms with Crippen LogP contribution in [0.3, 0.4) is 0 Å². The third kappa shape index (κ3) is 2.67. The summed E-state index contributed by atoms with van der Waals surface area (Å²) in [5.74, 6) is 0. The minimum Gasteiger partial charge on any atom is -0.460 e. The fourth-order valence-electron chi connectivity index (χ4n) is 4.50. The van der Waals surface area contributed by atoms with Crippen LogP contribution < -0.4 is 0 Å². The van der Waals surface area contributed by atoms with E-state index in [1.165, 1.54) is 6.07 Å². The van der Waals surface area contributed by atoms with Gasteiger partial charge in [-0.05, 0) is 68.0 Å². The summed E-state index contributed by atoms with van der Waals surface area (Å²) in [4.78, 5) is 0. The van der Waals surface area contributed by atoms with Crippen LogP contribution in [-0.4, -0.2) is 0 Å². The van der Waals surface area contributed by atoms with E-state index < -0.39 is 158 Å². The van der Waals surface area contributed by atoms with E-state index in [0.717, 1.165) is 0 Å². The molecule has 0 aliphatic rings. The van der Waals surface area contributed by atoms with Gasteiger partial charge >= 0.3 is 0 Å². The first kappa shape index (κ1) is 8.69. The van der Waals surface area contributed by atoms with Crippen molar-refractivity contribution in [2.45, 2.75) is 0 Å². The molecule has 2 heterocycles. The molecular formula is C34H20O2. The van der Waals surface area contributed by atoms with E-state index in [4.69, 9.17) is 32.1 Å². The molecule has 0 saturated heterocycles. The van der Waals surface area contributed by atoms with Gasteiger partial charge in [0.05, 0.1) is 30.9 Å². The summed E-state index contributed by atoms with van der Waals surface area (Å²) in [6.45, 7) is 0. The van der Waals surface area contributed by atoms with Crippen LogP contribution in [0.25, 0.3) is 76.7 Å². The second kappa shape index (κ2) is 7.34. The van der Waals surface area contributed by atoms with Crippen molar-refractivity contribution in [3.8, 4) is 22.3 Å². The van der Waals surface area contributed by atoms with Crippen LogP contribution in [0.5, 0.6) is 0 Å². The second-order valence-corrected chi connectivity index (χ2v) is 7.87. The van der Waals surface area contributed by atoms with Gasteiger partial charge in [-0.15, -0.1) is 0 Å². The molecule has 0 bridgehead atoms. The first-order chi connectivity index (χ1) is 25.8. The van der Waals surface area contributed by atoms with Crippen LogP contribution in [0.4, 0.5) is 0 Å². The lowest BCUT2D eigenvalue weighted by molar-refractivity contribution is 0.600. The quantitative estimate of drug-likeness (QED) is 0.231. The van der Waals surface area contributed by atoms with Gasteiger partial charge in [-0.2, -0.15) is 0 Å². The SMILES string of the molecule is [2H]c1oc2c(c([2H])cc3c2oc2c([2H])c(-c4c5c([2H])c([2H])c([2H])c([2H])c5c(-c5c([2H])c([2H])c([2H])c([2H])c5[2H])c5c([2H])c([2H])c([2H])c([2H])c45)c([2H])c([2H])c23)c1[2H]. The topological polar surface area (TPSA) is 26.3 Å². The van der Waals surface area contributed by atoms with Gasteiger partial charge in [0, 0.05) is 16.2 Å². The molecule has 0 spiro atoms. The monoisotopic (exact) mass is 479 g/mol. The van der Waals surface area contributed by atoms with Crippen LogP contribution in [0, 0.1) is 0 Å². The Morgan fingerprint density at radius 3 is 1.83 bits per heavy atom. The fourth-order valence-corrected chi connectivity index (χ4v) is 4.50. The summed E-state index contributed by atoms with van der Waals surface area (Å²) < 4.78 is 177. The summed E-state index contributed by atoms with van der Waals surface area (Å²) >= 11 is 0. The summed E-state index contributed by atoms with van der Waals surface area (Å²) in [5, 5.41) is -2.40. The lowest BCUT2D eigenvalue weighted by Crippen LogP contribution is -1.90. The molecular weight excluding hydrogens is 440 g/mol. The Morgan fingerprint density at radius 2 is 1.14 bits per heavy atom. The van der Waals surface area contributed by atoms with Crippen molar-refractivity contribution < 1.29 is 34.9 Å². The van der Waals surface area contributed by atoms with Crippen molar-refractivity contribution in [1.29, 1.82) is 0 Å².